The lowest BCUT2D eigenvalue weighted by molar-refractivity contribution is 0.416. The van der Waals surface area contributed by atoms with Gasteiger partial charge >= 0.3 is 0 Å². The number of nitrogens with one attached hydrogen (secondary N) is 2. The molecule has 5 heteroatoms. The number of nitrogens with zero attached hydrogens (tertiary/aromatic N) is 2. The summed E-state index contributed by atoms with van der Waals surface area (Å²) in [5.41, 5.74) is 2.92. The monoisotopic (exact) mass is 300 g/mol. The molecule has 22 heavy (non-hydrogen) atoms. The fourth-order valence-corrected chi connectivity index (χ4v) is 2.06. The van der Waals surface area contributed by atoms with Gasteiger partial charge in [-0.25, -0.2) is 4.98 Å². The molecular weight excluding hydrogens is 276 g/mol. The Morgan fingerprint density at radius 2 is 1.91 bits per heavy atom. The Hall–Kier alpha value is -2.30. The van der Waals surface area contributed by atoms with Gasteiger partial charge in [-0.1, -0.05) is 19.9 Å². The quantitative estimate of drug-likeness (QED) is 0.847. The van der Waals surface area contributed by atoms with E-state index in [1.54, 1.807) is 7.11 Å². The Labute approximate surface area is 132 Å². The molecule has 0 saturated heterocycles. The fourth-order valence-electron chi connectivity index (χ4n) is 2.06. The number of ether oxygens (including phenoxy) is 1. The van der Waals surface area contributed by atoms with E-state index in [1.807, 2.05) is 38.1 Å². The number of rotatable bonds is 6. The molecule has 0 aliphatic rings. The first-order chi connectivity index (χ1) is 10.5. The van der Waals surface area contributed by atoms with Crippen LogP contribution < -0.4 is 15.4 Å². The number of methoxy groups -OCH3 is 1. The van der Waals surface area contributed by atoms with Crippen molar-refractivity contribution in [2.75, 3.05) is 24.3 Å². The molecule has 0 radical (unpaired) electrons. The molecular formula is C17H24N4O. The molecule has 0 fully saturated rings. The molecule has 0 atom stereocenters. The van der Waals surface area contributed by atoms with Gasteiger partial charge in [-0.2, -0.15) is 4.98 Å². The molecule has 2 rings (SSSR count). The minimum absolute atomic E-state index is 0.559. The topological polar surface area (TPSA) is 59.1 Å². The van der Waals surface area contributed by atoms with Crippen molar-refractivity contribution in [2.45, 2.75) is 27.7 Å². The zero-order chi connectivity index (χ0) is 16.1. The predicted molar refractivity (Wildman–Crippen MR) is 91.1 cm³/mol. The van der Waals surface area contributed by atoms with E-state index in [1.165, 1.54) is 0 Å². The lowest BCUT2D eigenvalue weighted by Crippen LogP contribution is -2.11. The van der Waals surface area contributed by atoms with Gasteiger partial charge in [-0.05, 0) is 37.5 Å². The van der Waals surface area contributed by atoms with Gasteiger partial charge in [0, 0.05) is 18.3 Å². The van der Waals surface area contributed by atoms with E-state index in [0.29, 0.717) is 11.9 Å². The van der Waals surface area contributed by atoms with E-state index in [2.05, 4.69) is 34.4 Å². The van der Waals surface area contributed by atoms with Gasteiger partial charge in [-0.15, -0.1) is 0 Å². The third-order valence-electron chi connectivity index (χ3n) is 3.15. The molecule has 0 bridgehead atoms. The number of aromatic nitrogens is 2. The molecule has 2 N–H and O–H groups in total. The van der Waals surface area contributed by atoms with E-state index >= 15 is 0 Å². The van der Waals surface area contributed by atoms with Crippen LogP contribution in [0.2, 0.25) is 0 Å². The maximum Gasteiger partial charge on any atom is 0.229 e. The maximum atomic E-state index is 5.38. The Balaban J connectivity index is 2.24. The molecule has 5 nitrogen and oxygen atoms in total. The summed E-state index contributed by atoms with van der Waals surface area (Å²) in [6, 6.07) is 7.91. The van der Waals surface area contributed by atoms with Crippen LogP contribution in [0.5, 0.6) is 5.75 Å². The first-order valence-corrected chi connectivity index (χ1v) is 7.49. The van der Waals surface area contributed by atoms with E-state index in [9.17, 15) is 0 Å². The van der Waals surface area contributed by atoms with Crippen LogP contribution in [0.1, 0.15) is 25.1 Å². The highest BCUT2D eigenvalue weighted by Gasteiger charge is 2.07. The molecule has 0 amide bonds. The summed E-state index contributed by atoms with van der Waals surface area (Å²) in [6.45, 7) is 9.21. The summed E-state index contributed by atoms with van der Waals surface area (Å²) in [7, 11) is 1.66. The third kappa shape index (κ3) is 4.35. The lowest BCUT2D eigenvalue weighted by Gasteiger charge is -2.13. The normalized spacial score (nSPS) is 10.6. The molecule has 1 heterocycles. The van der Waals surface area contributed by atoms with Crippen molar-refractivity contribution in [3.05, 3.63) is 35.5 Å². The number of hydrogen-bond acceptors (Lipinski definition) is 5. The fraction of sp³-hybridized carbons (Fsp3) is 0.412. The zero-order valence-electron chi connectivity index (χ0n) is 13.9. The second-order valence-electron chi connectivity index (χ2n) is 5.82. The Bertz CT molecular complexity index is 641. The highest BCUT2D eigenvalue weighted by atomic mass is 16.5. The minimum Gasteiger partial charge on any atom is -0.495 e. The maximum absolute atomic E-state index is 5.38. The van der Waals surface area contributed by atoms with E-state index in [-0.39, 0.29) is 0 Å². The average Bonchev–Trinajstić information content (AvgIpc) is 2.45. The van der Waals surface area contributed by atoms with Gasteiger partial charge in [0.25, 0.3) is 0 Å². The van der Waals surface area contributed by atoms with Crippen molar-refractivity contribution in [2.24, 2.45) is 5.92 Å². The van der Waals surface area contributed by atoms with Crippen molar-refractivity contribution in [3.63, 3.8) is 0 Å². The number of hydrogen-bond donors (Lipinski definition) is 2. The van der Waals surface area contributed by atoms with E-state index in [4.69, 9.17) is 4.74 Å². The van der Waals surface area contributed by atoms with Crippen LogP contribution >= 0.6 is 0 Å². The first kappa shape index (κ1) is 16.1. The van der Waals surface area contributed by atoms with Crippen LogP contribution in [0.4, 0.5) is 17.5 Å². The van der Waals surface area contributed by atoms with Crippen molar-refractivity contribution in [3.8, 4) is 5.75 Å². The summed E-state index contributed by atoms with van der Waals surface area (Å²) in [5.74, 6) is 2.72. The molecule has 0 aliphatic heterocycles. The van der Waals surface area contributed by atoms with Crippen molar-refractivity contribution >= 4 is 17.5 Å². The van der Waals surface area contributed by atoms with Crippen molar-refractivity contribution in [1.29, 1.82) is 0 Å². The Morgan fingerprint density at radius 1 is 1.14 bits per heavy atom. The average molecular weight is 300 g/mol. The van der Waals surface area contributed by atoms with Crippen LogP contribution in [0.3, 0.4) is 0 Å². The molecule has 2 aromatic rings. The molecule has 0 spiro atoms. The minimum atomic E-state index is 0.559. The van der Waals surface area contributed by atoms with Gasteiger partial charge in [0.2, 0.25) is 5.95 Å². The van der Waals surface area contributed by atoms with Crippen LogP contribution in [0.25, 0.3) is 0 Å². The van der Waals surface area contributed by atoms with Gasteiger partial charge in [0.15, 0.2) is 0 Å². The van der Waals surface area contributed by atoms with Crippen molar-refractivity contribution in [1.82, 2.24) is 9.97 Å². The molecule has 0 unspecified atom stereocenters. The second kappa shape index (κ2) is 7.11. The summed E-state index contributed by atoms with van der Waals surface area (Å²) in [6.07, 6.45) is 0. The molecule has 1 aromatic heterocycles. The zero-order valence-corrected chi connectivity index (χ0v) is 13.9. The highest BCUT2D eigenvalue weighted by Crippen LogP contribution is 2.27. The summed E-state index contributed by atoms with van der Waals surface area (Å²) >= 11 is 0. The highest BCUT2D eigenvalue weighted by molar-refractivity contribution is 5.64. The number of aryl methyl sites for hydroxylation is 2. The number of anilines is 3. The van der Waals surface area contributed by atoms with Crippen molar-refractivity contribution < 1.29 is 4.74 Å². The van der Waals surface area contributed by atoms with Crippen LogP contribution in [-0.2, 0) is 0 Å². The summed E-state index contributed by atoms with van der Waals surface area (Å²) in [4.78, 5) is 8.96. The summed E-state index contributed by atoms with van der Waals surface area (Å²) in [5, 5.41) is 6.57. The molecule has 1 aromatic carbocycles. The van der Waals surface area contributed by atoms with Crippen LogP contribution in [0.15, 0.2) is 24.3 Å². The standard InChI is InChI=1S/C17H24N4O/c1-11(2)10-18-16-9-13(4)19-17(21-16)20-14-8-12(3)6-7-15(14)22-5/h6-9,11H,10H2,1-5H3,(H2,18,19,20,21). The second-order valence-corrected chi connectivity index (χ2v) is 5.82. The van der Waals surface area contributed by atoms with Gasteiger partial charge in [-0.3, -0.25) is 0 Å². The van der Waals surface area contributed by atoms with Gasteiger partial charge in [0.05, 0.1) is 12.8 Å². The Kier molecular flexibility index (Phi) is 5.20. The smallest absolute Gasteiger partial charge is 0.229 e. The van der Waals surface area contributed by atoms with E-state index < -0.39 is 0 Å². The predicted octanol–water partition coefficient (Wildman–Crippen LogP) is 3.91. The van der Waals surface area contributed by atoms with Crippen LogP contribution in [0, 0.1) is 19.8 Å². The third-order valence-corrected chi connectivity index (χ3v) is 3.15. The molecule has 118 valence electrons. The summed E-state index contributed by atoms with van der Waals surface area (Å²) < 4.78 is 5.38. The van der Waals surface area contributed by atoms with E-state index in [0.717, 1.165) is 35.1 Å². The van der Waals surface area contributed by atoms with Gasteiger partial charge in [0.1, 0.15) is 11.6 Å². The number of benzene rings is 1. The first-order valence-electron chi connectivity index (χ1n) is 7.49. The molecule has 0 saturated carbocycles. The van der Waals surface area contributed by atoms with Gasteiger partial charge < -0.3 is 15.4 Å². The van der Waals surface area contributed by atoms with Crippen LogP contribution in [-0.4, -0.2) is 23.6 Å². The SMILES string of the molecule is COc1ccc(C)cc1Nc1nc(C)cc(NCC(C)C)n1. The molecule has 0 aliphatic carbocycles. The largest absolute Gasteiger partial charge is 0.495 e. The Morgan fingerprint density at radius 3 is 2.59 bits per heavy atom. The lowest BCUT2D eigenvalue weighted by atomic mass is 10.2.